The van der Waals surface area contributed by atoms with E-state index in [0.717, 1.165) is 12.0 Å². The number of rotatable bonds is 14. The van der Waals surface area contributed by atoms with Gasteiger partial charge in [0.2, 0.25) is 5.91 Å². The van der Waals surface area contributed by atoms with Gasteiger partial charge >= 0.3 is 6.09 Å². The molecule has 0 saturated carbocycles. The van der Waals surface area contributed by atoms with Gasteiger partial charge in [0, 0.05) is 44.1 Å². The summed E-state index contributed by atoms with van der Waals surface area (Å²) in [6, 6.07) is 12.4. The Morgan fingerprint density at radius 1 is 1.13 bits per heavy atom. The average Bonchev–Trinajstić information content (AvgIpc) is 2.94. The first-order chi connectivity index (χ1) is 18.8. The lowest BCUT2D eigenvalue weighted by Crippen LogP contribution is -2.48. The van der Waals surface area contributed by atoms with E-state index < -0.39 is 17.5 Å². The smallest absolute Gasteiger partial charge is 0.404 e. The molecular formula is C30H42FN3O5. The third-order valence-electron chi connectivity index (χ3n) is 7.60. The van der Waals surface area contributed by atoms with Crippen molar-refractivity contribution in [3.05, 3.63) is 59.4 Å². The van der Waals surface area contributed by atoms with E-state index >= 15 is 4.39 Å². The number of aryl methyl sites for hydroxylation is 1. The summed E-state index contributed by atoms with van der Waals surface area (Å²) in [6.45, 7) is 4.30. The first-order valence-corrected chi connectivity index (χ1v) is 14.0. The van der Waals surface area contributed by atoms with Crippen molar-refractivity contribution < 1.29 is 29.3 Å². The second-order valence-corrected chi connectivity index (χ2v) is 10.2. The van der Waals surface area contributed by atoms with Gasteiger partial charge in [0.1, 0.15) is 5.82 Å². The van der Waals surface area contributed by atoms with E-state index in [0.29, 0.717) is 75.0 Å². The molecule has 1 unspecified atom stereocenters. The molecule has 5 N–H and O–H groups in total. The summed E-state index contributed by atoms with van der Waals surface area (Å²) in [6.07, 6.45) is 2.61. The average molecular weight is 544 g/mol. The van der Waals surface area contributed by atoms with Crippen molar-refractivity contribution in [1.29, 1.82) is 0 Å². The van der Waals surface area contributed by atoms with Crippen molar-refractivity contribution in [3.63, 3.8) is 0 Å². The highest BCUT2D eigenvalue weighted by Gasteiger charge is 2.43. The molecule has 39 heavy (non-hydrogen) atoms. The molecular weight excluding hydrogens is 501 g/mol. The predicted molar refractivity (Wildman–Crippen MR) is 149 cm³/mol. The molecule has 0 aromatic heterocycles. The van der Waals surface area contributed by atoms with Gasteiger partial charge in [-0.1, -0.05) is 43.3 Å². The van der Waals surface area contributed by atoms with Crippen LogP contribution in [0.5, 0.6) is 0 Å². The van der Waals surface area contributed by atoms with Gasteiger partial charge < -0.3 is 30.9 Å². The molecule has 0 radical (unpaired) electrons. The Labute approximate surface area is 230 Å². The molecule has 0 bridgehead atoms. The van der Waals surface area contributed by atoms with Crippen LogP contribution in [0, 0.1) is 11.7 Å². The minimum absolute atomic E-state index is 0.00973. The second kappa shape index (κ2) is 15.0. The highest BCUT2D eigenvalue weighted by Crippen LogP contribution is 2.44. The zero-order valence-corrected chi connectivity index (χ0v) is 22.8. The summed E-state index contributed by atoms with van der Waals surface area (Å²) < 4.78 is 15.5. The maximum Gasteiger partial charge on any atom is 0.404 e. The number of hydrogen-bond acceptors (Lipinski definition) is 5. The monoisotopic (exact) mass is 543 g/mol. The highest BCUT2D eigenvalue weighted by molar-refractivity contribution is 5.76. The van der Waals surface area contributed by atoms with Gasteiger partial charge in [-0.05, 0) is 67.8 Å². The van der Waals surface area contributed by atoms with Crippen LogP contribution in [0.15, 0.2) is 42.5 Å². The Balaban J connectivity index is 1.92. The second-order valence-electron chi connectivity index (χ2n) is 10.2. The van der Waals surface area contributed by atoms with E-state index in [1.807, 2.05) is 31.2 Å². The van der Waals surface area contributed by atoms with Crippen LogP contribution in [-0.2, 0) is 16.8 Å². The van der Waals surface area contributed by atoms with Crippen LogP contribution in [0.1, 0.15) is 56.6 Å². The highest BCUT2D eigenvalue weighted by atomic mass is 19.1. The van der Waals surface area contributed by atoms with E-state index in [4.69, 9.17) is 10.2 Å². The van der Waals surface area contributed by atoms with Gasteiger partial charge in [-0.2, -0.15) is 0 Å². The molecule has 1 fully saturated rings. The summed E-state index contributed by atoms with van der Waals surface area (Å²) in [4.78, 5) is 25.8. The topological polar surface area (TPSA) is 122 Å². The van der Waals surface area contributed by atoms with Crippen LogP contribution in [0.2, 0.25) is 0 Å². The molecule has 0 spiro atoms. The van der Waals surface area contributed by atoms with Gasteiger partial charge in [0.15, 0.2) is 0 Å². The number of carboxylic acid groups (broad SMARTS) is 1. The predicted octanol–water partition coefficient (Wildman–Crippen LogP) is 3.89. The largest absolute Gasteiger partial charge is 0.465 e. The Hall–Kier alpha value is -3.01. The van der Waals surface area contributed by atoms with Crippen molar-refractivity contribution in [3.8, 4) is 11.1 Å². The number of hydrogen-bond donors (Lipinski definition) is 5. The first kappa shape index (κ1) is 30.5. The SMILES string of the molecule is CCc1cccc(-c2c(F)cccc2C(O)(CCCNC(=O)O)[C@@H]2CCCN(C(=O)CCCNCCO)C2)c1. The van der Waals surface area contributed by atoms with Gasteiger partial charge in [-0.15, -0.1) is 0 Å². The van der Waals surface area contributed by atoms with Crippen LogP contribution in [0.3, 0.4) is 0 Å². The van der Waals surface area contributed by atoms with E-state index in [1.54, 1.807) is 17.0 Å². The number of benzene rings is 2. The lowest BCUT2D eigenvalue weighted by atomic mass is 9.72. The molecule has 1 heterocycles. The van der Waals surface area contributed by atoms with Gasteiger partial charge in [-0.3, -0.25) is 4.79 Å². The molecule has 9 heteroatoms. The molecule has 1 aliphatic rings. The maximum atomic E-state index is 15.5. The van der Waals surface area contributed by atoms with Crippen molar-refractivity contribution >= 4 is 12.0 Å². The quantitative estimate of drug-likeness (QED) is 0.231. The lowest BCUT2D eigenvalue weighted by Gasteiger charge is -2.43. The van der Waals surface area contributed by atoms with Crippen molar-refractivity contribution in [1.82, 2.24) is 15.5 Å². The summed E-state index contributed by atoms with van der Waals surface area (Å²) >= 11 is 0. The zero-order valence-electron chi connectivity index (χ0n) is 22.8. The van der Waals surface area contributed by atoms with E-state index in [1.165, 1.54) is 6.07 Å². The van der Waals surface area contributed by atoms with E-state index in [2.05, 4.69) is 10.6 Å². The summed E-state index contributed by atoms with van der Waals surface area (Å²) in [5.41, 5.74) is 1.09. The van der Waals surface area contributed by atoms with Crippen LogP contribution in [0.25, 0.3) is 11.1 Å². The fraction of sp³-hybridized carbons (Fsp3) is 0.533. The Bertz CT molecular complexity index is 1100. The number of nitrogens with zero attached hydrogens (tertiary/aromatic N) is 1. The fourth-order valence-corrected chi connectivity index (χ4v) is 5.56. The summed E-state index contributed by atoms with van der Waals surface area (Å²) in [5, 5.41) is 35.8. The molecule has 2 aromatic rings. The molecule has 3 rings (SSSR count). The van der Waals surface area contributed by atoms with E-state index in [9.17, 15) is 14.7 Å². The number of aliphatic hydroxyl groups excluding tert-OH is 1. The van der Waals surface area contributed by atoms with Crippen molar-refractivity contribution in [2.24, 2.45) is 5.92 Å². The third-order valence-corrected chi connectivity index (χ3v) is 7.60. The molecule has 8 nitrogen and oxygen atoms in total. The number of carbonyl (C=O) groups is 2. The van der Waals surface area contributed by atoms with Crippen molar-refractivity contribution in [2.45, 2.75) is 57.5 Å². The standard InChI is InChI=1S/C30H42FN3O5/c1-2-22-8-3-9-23(20-22)28-25(11-4-12-26(28)31)30(39,14-7-16-33-29(37)38)24-10-6-18-34(21-24)27(36)13-5-15-32-17-19-35/h3-4,8-9,11-12,20,24,32-33,35,39H,2,5-7,10,13-19,21H2,1H3,(H,37,38)/t24-,30?/m1/s1. The number of aliphatic hydroxyl groups is 2. The summed E-state index contributed by atoms with van der Waals surface area (Å²) in [5.74, 6) is -0.764. The van der Waals surface area contributed by atoms with Gasteiger partial charge in [0.05, 0.1) is 12.2 Å². The number of nitrogens with one attached hydrogen (secondary N) is 2. The first-order valence-electron chi connectivity index (χ1n) is 14.0. The van der Waals surface area contributed by atoms with Crippen LogP contribution in [0.4, 0.5) is 9.18 Å². The number of amides is 2. The van der Waals surface area contributed by atoms with E-state index in [-0.39, 0.29) is 31.4 Å². The molecule has 2 amide bonds. The lowest BCUT2D eigenvalue weighted by molar-refractivity contribution is -0.136. The Morgan fingerprint density at radius 2 is 1.92 bits per heavy atom. The summed E-state index contributed by atoms with van der Waals surface area (Å²) in [7, 11) is 0. The molecule has 2 aromatic carbocycles. The van der Waals surface area contributed by atoms with Crippen molar-refractivity contribution in [2.75, 3.05) is 39.3 Å². The normalized spacial score (nSPS) is 17.0. The number of likely N-dealkylation sites (tertiary alicyclic amines) is 1. The van der Waals surface area contributed by atoms with Crippen LogP contribution < -0.4 is 10.6 Å². The third kappa shape index (κ3) is 8.24. The van der Waals surface area contributed by atoms with Crippen LogP contribution in [-0.4, -0.2) is 71.6 Å². The number of carbonyl (C=O) groups excluding carboxylic acids is 1. The number of halogens is 1. The Kier molecular flexibility index (Phi) is 11.7. The molecule has 214 valence electrons. The Morgan fingerprint density at radius 3 is 2.67 bits per heavy atom. The molecule has 1 aliphatic heterocycles. The fourth-order valence-electron chi connectivity index (χ4n) is 5.56. The molecule has 0 aliphatic carbocycles. The molecule has 2 atom stereocenters. The maximum absolute atomic E-state index is 15.5. The molecule has 1 saturated heterocycles. The zero-order chi connectivity index (χ0) is 28.3. The van der Waals surface area contributed by atoms with Crippen LogP contribution >= 0.6 is 0 Å². The minimum atomic E-state index is -1.47. The van der Waals surface area contributed by atoms with Gasteiger partial charge in [-0.25, -0.2) is 9.18 Å². The van der Waals surface area contributed by atoms with Gasteiger partial charge in [0.25, 0.3) is 0 Å². The minimum Gasteiger partial charge on any atom is -0.465 e. The number of piperidine rings is 1.